The predicted molar refractivity (Wildman–Crippen MR) is 127 cm³/mol. The van der Waals surface area contributed by atoms with E-state index in [1.165, 1.54) is 0 Å². The summed E-state index contributed by atoms with van der Waals surface area (Å²) in [5.41, 5.74) is -0.985. The first-order chi connectivity index (χ1) is 17.3. The number of halogens is 3. The number of aromatic nitrogens is 2. The SMILES string of the molecule is CCOc1ccc(C(=O)N[C@@H]2CCCC[C@H]2NC(=O)c2cn(-c3ccccc3)nc2C(F)(F)F)cc1. The summed E-state index contributed by atoms with van der Waals surface area (Å²) in [5, 5.41) is 9.29. The van der Waals surface area contributed by atoms with Gasteiger partial charge in [-0.25, -0.2) is 4.68 Å². The highest BCUT2D eigenvalue weighted by molar-refractivity contribution is 5.96. The molecular formula is C26H27F3N4O3. The van der Waals surface area contributed by atoms with Crippen LogP contribution in [0.4, 0.5) is 13.2 Å². The Bertz CT molecular complexity index is 1190. The largest absolute Gasteiger partial charge is 0.494 e. The first-order valence-electron chi connectivity index (χ1n) is 11.8. The Morgan fingerprint density at radius 3 is 2.17 bits per heavy atom. The van der Waals surface area contributed by atoms with Crippen LogP contribution in [0, 0.1) is 0 Å². The van der Waals surface area contributed by atoms with E-state index >= 15 is 0 Å². The van der Waals surface area contributed by atoms with Crippen LogP contribution in [0.5, 0.6) is 5.75 Å². The number of nitrogens with one attached hydrogen (secondary N) is 2. The van der Waals surface area contributed by atoms with Gasteiger partial charge in [-0.15, -0.1) is 0 Å². The quantitative estimate of drug-likeness (QED) is 0.490. The second-order valence-corrected chi connectivity index (χ2v) is 8.57. The van der Waals surface area contributed by atoms with Crippen molar-refractivity contribution < 1.29 is 27.5 Å². The van der Waals surface area contributed by atoms with Crippen molar-refractivity contribution in [1.29, 1.82) is 0 Å². The molecule has 1 aromatic heterocycles. The topological polar surface area (TPSA) is 85.3 Å². The third kappa shape index (κ3) is 5.87. The fraction of sp³-hybridized carbons (Fsp3) is 0.346. The highest BCUT2D eigenvalue weighted by Gasteiger charge is 2.40. The Labute approximate surface area is 206 Å². The number of hydrogen-bond acceptors (Lipinski definition) is 4. The van der Waals surface area contributed by atoms with E-state index in [0.717, 1.165) is 23.7 Å². The molecule has 1 aliphatic carbocycles. The molecule has 10 heteroatoms. The van der Waals surface area contributed by atoms with Gasteiger partial charge in [0.2, 0.25) is 0 Å². The summed E-state index contributed by atoms with van der Waals surface area (Å²) in [6.45, 7) is 2.37. The van der Waals surface area contributed by atoms with Crippen molar-refractivity contribution in [2.45, 2.75) is 50.9 Å². The van der Waals surface area contributed by atoms with Gasteiger partial charge in [-0.1, -0.05) is 31.0 Å². The van der Waals surface area contributed by atoms with E-state index < -0.39 is 35.4 Å². The minimum absolute atomic E-state index is 0.322. The lowest BCUT2D eigenvalue weighted by Crippen LogP contribution is -2.53. The van der Waals surface area contributed by atoms with E-state index in [1.54, 1.807) is 54.6 Å². The second kappa shape index (κ2) is 10.8. The first-order valence-corrected chi connectivity index (χ1v) is 11.8. The van der Waals surface area contributed by atoms with E-state index in [9.17, 15) is 22.8 Å². The van der Waals surface area contributed by atoms with Crippen molar-refractivity contribution in [2.75, 3.05) is 6.61 Å². The fourth-order valence-electron chi connectivity index (χ4n) is 4.31. The Balaban J connectivity index is 1.50. The monoisotopic (exact) mass is 500 g/mol. The Kier molecular flexibility index (Phi) is 7.61. The average Bonchev–Trinajstić information content (AvgIpc) is 3.33. The van der Waals surface area contributed by atoms with Crippen LogP contribution in [0.2, 0.25) is 0 Å². The van der Waals surface area contributed by atoms with Crippen LogP contribution < -0.4 is 15.4 Å². The van der Waals surface area contributed by atoms with E-state index in [-0.39, 0.29) is 5.91 Å². The van der Waals surface area contributed by atoms with Gasteiger partial charge in [0.1, 0.15) is 5.75 Å². The molecule has 0 spiro atoms. The zero-order valence-corrected chi connectivity index (χ0v) is 19.7. The number of benzene rings is 2. The third-order valence-electron chi connectivity index (χ3n) is 6.07. The third-order valence-corrected chi connectivity index (χ3v) is 6.07. The van der Waals surface area contributed by atoms with Gasteiger partial charge in [0.25, 0.3) is 11.8 Å². The van der Waals surface area contributed by atoms with E-state index in [4.69, 9.17) is 4.74 Å². The number of alkyl halides is 3. The molecule has 1 fully saturated rings. The summed E-state index contributed by atoms with van der Waals surface area (Å²) in [4.78, 5) is 25.8. The molecule has 36 heavy (non-hydrogen) atoms. The number of rotatable bonds is 7. The average molecular weight is 501 g/mol. The molecule has 1 heterocycles. The lowest BCUT2D eigenvalue weighted by molar-refractivity contribution is -0.141. The van der Waals surface area contributed by atoms with Gasteiger partial charge in [0, 0.05) is 23.8 Å². The highest BCUT2D eigenvalue weighted by atomic mass is 19.4. The smallest absolute Gasteiger partial charge is 0.435 e. The van der Waals surface area contributed by atoms with Gasteiger partial charge < -0.3 is 15.4 Å². The molecule has 7 nitrogen and oxygen atoms in total. The number of amides is 2. The molecule has 2 aromatic carbocycles. The van der Waals surface area contributed by atoms with Gasteiger partial charge in [0.05, 0.1) is 17.9 Å². The van der Waals surface area contributed by atoms with Gasteiger partial charge in [-0.3, -0.25) is 9.59 Å². The first kappa shape index (κ1) is 25.3. The summed E-state index contributed by atoms with van der Waals surface area (Å²) in [6, 6.07) is 14.0. The van der Waals surface area contributed by atoms with Crippen LogP contribution in [-0.2, 0) is 6.18 Å². The molecule has 2 amide bonds. The number of carbonyl (C=O) groups excluding carboxylic acids is 2. The molecule has 0 aliphatic heterocycles. The van der Waals surface area contributed by atoms with E-state index in [2.05, 4.69) is 15.7 Å². The molecule has 1 saturated carbocycles. The van der Waals surface area contributed by atoms with Crippen LogP contribution in [0.3, 0.4) is 0 Å². The van der Waals surface area contributed by atoms with Crippen molar-refractivity contribution in [2.24, 2.45) is 0 Å². The lowest BCUT2D eigenvalue weighted by atomic mass is 9.89. The fourth-order valence-corrected chi connectivity index (χ4v) is 4.31. The van der Waals surface area contributed by atoms with Crippen LogP contribution in [-0.4, -0.2) is 40.3 Å². The molecule has 190 valence electrons. The molecule has 1 aliphatic rings. The van der Waals surface area contributed by atoms with Crippen molar-refractivity contribution in [3.8, 4) is 11.4 Å². The van der Waals surface area contributed by atoms with Gasteiger partial charge >= 0.3 is 6.18 Å². The van der Waals surface area contributed by atoms with Gasteiger partial charge in [-0.05, 0) is 56.2 Å². The second-order valence-electron chi connectivity index (χ2n) is 8.57. The number of nitrogens with zero attached hydrogens (tertiary/aromatic N) is 2. The normalized spacial score (nSPS) is 17.9. The minimum Gasteiger partial charge on any atom is -0.494 e. The number of para-hydroxylation sites is 1. The maximum Gasteiger partial charge on any atom is 0.435 e. The molecule has 2 N–H and O–H groups in total. The van der Waals surface area contributed by atoms with Crippen LogP contribution in [0.1, 0.15) is 59.0 Å². The summed E-state index contributed by atoms with van der Waals surface area (Å²) >= 11 is 0. The van der Waals surface area contributed by atoms with Crippen molar-refractivity contribution in [1.82, 2.24) is 20.4 Å². The Morgan fingerprint density at radius 1 is 0.972 bits per heavy atom. The maximum atomic E-state index is 13.7. The summed E-state index contributed by atoms with van der Waals surface area (Å²) < 4.78 is 47.6. The molecule has 0 bridgehead atoms. The number of carbonyl (C=O) groups is 2. The minimum atomic E-state index is -4.81. The van der Waals surface area contributed by atoms with Crippen molar-refractivity contribution in [3.05, 3.63) is 77.6 Å². The summed E-state index contributed by atoms with van der Waals surface area (Å²) in [7, 11) is 0. The Morgan fingerprint density at radius 2 is 1.58 bits per heavy atom. The van der Waals surface area contributed by atoms with Crippen molar-refractivity contribution in [3.63, 3.8) is 0 Å². The highest BCUT2D eigenvalue weighted by Crippen LogP contribution is 2.32. The molecule has 2 atom stereocenters. The van der Waals surface area contributed by atoms with Crippen LogP contribution >= 0.6 is 0 Å². The van der Waals surface area contributed by atoms with Crippen molar-refractivity contribution >= 4 is 11.8 Å². The number of ether oxygens (including phenoxy) is 1. The molecule has 3 aromatic rings. The molecule has 0 unspecified atom stereocenters. The number of hydrogen-bond donors (Lipinski definition) is 2. The molecule has 0 radical (unpaired) electrons. The standard InChI is InChI=1S/C26H27F3N4O3/c1-2-36-19-14-12-17(13-15-19)24(34)30-21-10-6-7-11-22(21)31-25(35)20-16-33(18-8-4-3-5-9-18)32-23(20)26(27,28)29/h3-5,8-9,12-16,21-22H,2,6-7,10-11H2,1H3,(H,30,34)(H,31,35)/t21-,22-/m1/s1. The van der Waals surface area contributed by atoms with E-state index in [0.29, 0.717) is 36.4 Å². The molecule has 0 saturated heterocycles. The van der Waals surface area contributed by atoms with E-state index in [1.807, 2.05) is 6.92 Å². The lowest BCUT2D eigenvalue weighted by Gasteiger charge is -2.32. The zero-order chi connectivity index (χ0) is 25.7. The zero-order valence-electron chi connectivity index (χ0n) is 19.7. The summed E-state index contributed by atoms with van der Waals surface area (Å²) in [6.07, 6.45) is -0.961. The molecular weight excluding hydrogens is 473 g/mol. The van der Waals surface area contributed by atoms with Crippen LogP contribution in [0.25, 0.3) is 5.69 Å². The Hall–Kier alpha value is -3.82. The van der Waals surface area contributed by atoms with Gasteiger partial charge in [0.15, 0.2) is 5.69 Å². The summed E-state index contributed by atoms with van der Waals surface area (Å²) in [5.74, 6) is -0.554. The molecule has 4 rings (SSSR count). The predicted octanol–water partition coefficient (Wildman–Crippen LogP) is 4.76. The maximum absolute atomic E-state index is 13.7. The van der Waals surface area contributed by atoms with Gasteiger partial charge in [-0.2, -0.15) is 18.3 Å². The van der Waals surface area contributed by atoms with Crippen LogP contribution in [0.15, 0.2) is 60.8 Å².